The molecule has 3 atom stereocenters. The summed E-state index contributed by atoms with van der Waals surface area (Å²) in [5.74, 6) is -0.561. The van der Waals surface area contributed by atoms with Crippen LogP contribution in [0.2, 0.25) is 0 Å². The van der Waals surface area contributed by atoms with Crippen LogP contribution < -0.4 is 10.2 Å². The first-order valence-electron chi connectivity index (χ1n) is 35.3. The van der Waals surface area contributed by atoms with Crippen molar-refractivity contribution < 1.29 is 37.3 Å². The maximum Gasteiger partial charge on any atom is 0.306 e. The molecule has 0 heterocycles. The lowest BCUT2D eigenvalue weighted by molar-refractivity contribution is -0.870. The van der Waals surface area contributed by atoms with Crippen LogP contribution in [-0.4, -0.2) is 69.4 Å². The largest absolute Gasteiger partial charge is 0.756 e. The highest BCUT2D eigenvalue weighted by Gasteiger charge is 2.27. The molecule has 0 radical (unpaired) electrons. The molecule has 0 aromatic heterocycles. The lowest BCUT2D eigenvalue weighted by Gasteiger charge is -2.30. The number of hydrogen-bond donors (Lipinski definition) is 1. The minimum atomic E-state index is -4.72. The van der Waals surface area contributed by atoms with E-state index >= 15 is 0 Å². The van der Waals surface area contributed by atoms with Crippen LogP contribution in [0.4, 0.5) is 0 Å². The zero-order valence-electron chi connectivity index (χ0n) is 56.5. The highest BCUT2D eigenvalue weighted by Crippen LogP contribution is 2.38. The van der Waals surface area contributed by atoms with E-state index in [4.69, 9.17) is 13.8 Å². The minimum absolute atomic E-state index is 0.0311. The van der Waals surface area contributed by atoms with Crippen molar-refractivity contribution in [1.82, 2.24) is 5.32 Å². The van der Waals surface area contributed by atoms with E-state index in [0.29, 0.717) is 17.4 Å². The lowest BCUT2D eigenvalue weighted by atomic mass is 10.0. The van der Waals surface area contributed by atoms with Crippen molar-refractivity contribution in [2.24, 2.45) is 0 Å². The lowest BCUT2D eigenvalue weighted by Crippen LogP contribution is -2.47. The Kier molecular flexibility index (Phi) is 61.7. The van der Waals surface area contributed by atoms with Crippen LogP contribution in [0.5, 0.6) is 0 Å². The van der Waals surface area contributed by atoms with Gasteiger partial charge in [0.2, 0.25) is 5.91 Å². The zero-order chi connectivity index (χ0) is 62.8. The van der Waals surface area contributed by atoms with Crippen molar-refractivity contribution >= 4 is 19.7 Å². The summed E-state index contributed by atoms with van der Waals surface area (Å²) < 4.78 is 30.4. The second-order valence-electron chi connectivity index (χ2n) is 24.6. The number of likely N-dealkylation sites (N-methyl/N-ethyl adjacent to an activating group) is 1. The number of amides is 1. The summed E-state index contributed by atoms with van der Waals surface area (Å²) in [5.41, 5.74) is 0. The Hall–Kier alpha value is -3.59. The van der Waals surface area contributed by atoms with E-state index in [9.17, 15) is 19.0 Å². The number of unbranched alkanes of at least 4 members (excludes halogenated alkanes) is 29. The van der Waals surface area contributed by atoms with E-state index < -0.39 is 26.6 Å². The van der Waals surface area contributed by atoms with Gasteiger partial charge >= 0.3 is 5.97 Å². The van der Waals surface area contributed by atoms with Crippen LogP contribution in [-0.2, 0) is 27.9 Å². The van der Waals surface area contributed by atoms with E-state index in [2.05, 4.69) is 135 Å². The third-order valence-electron chi connectivity index (χ3n) is 15.1. The first kappa shape index (κ1) is 82.4. The molecule has 0 aromatic rings. The standard InChI is InChI=1S/C76H133N2O7P/c1-7-10-13-16-19-22-25-28-30-32-34-36-37-38-39-40-41-43-44-46-48-50-53-56-59-62-65-68-75(79)77-73(72-84-86(81,82)83-71-70-78(4,5)6)74(67-64-61-58-55-52-27-24-21-18-15-12-9-3)85-76(80)69-66-63-60-57-54-51-49-47-45-42-35-33-31-29-26-23-20-17-14-11-8-2/h10,13,19-20,22-23,28-31,34-36,38-39,41-43,64,67,73-74H,7-9,11-12,14-18,21,24-27,32-33,37,40,44-63,65-66,68-72H2,1-6H3,(H-,77,79,81,82)/b13-10-,22-19-,23-20-,30-28-,31-29-,36-34-,39-38-,42-35-,43-41-,67-64-. The molecular weight excluding hydrogens is 1080 g/mol. The second-order valence-corrected chi connectivity index (χ2v) is 26.1. The maximum absolute atomic E-state index is 13.6. The van der Waals surface area contributed by atoms with Crippen LogP contribution >= 0.6 is 7.82 Å². The Balaban J connectivity index is 5.12. The van der Waals surface area contributed by atoms with Crippen LogP contribution in [0.3, 0.4) is 0 Å². The van der Waals surface area contributed by atoms with Crippen molar-refractivity contribution in [2.75, 3.05) is 40.9 Å². The van der Waals surface area contributed by atoms with Crippen LogP contribution in [0.25, 0.3) is 0 Å². The van der Waals surface area contributed by atoms with Gasteiger partial charge in [-0.25, -0.2) is 0 Å². The molecule has 3 unspecified atom stereocenters. The number of quaternary nitrogens is 1. The van der Waals surface area contributed by atoms with E-state index in [1.54, 1.807) is 0 Å². The Morgan fingerprint density at radius 3 is 1.14 bits per heavy atom. The predicted octanol–water partition coefficient (Wildman–Crippen LogP) is 22.0. The smallest absolute Gasteiger partial charge is 0.306 e. The number of esters is 1. The summed E-state index contributed by atoms with van der Waals surface area (Å²) >= 11 is 0. The highest BCUT2D eigenvalue weighted by atomic mass is 31.2. The molecule has 9 nitrogen and oxygen atoms in total. The fraction of sp³-hybridized carbons (Fsp3) is 0.711. The Bertz CT molecular complexity index is 1890. The SMILES string of the molecule is CC/C=C\C/C=C\C/C=C\C/C=C\C/C=C\C/C=C\CCCCCCCCCCC(=O)NC(COP(=O)([O-])OCC[N+](C)(C)C)C(/C=C\CCCCCCCCCCCC)OC(=O)CCCCCCCCCC/C=C\C/C=C\C/C=C\CCCCC. The van der Waals surface area contributed by atoms with Gasteiger partial charge in [0.25, 0.3) is 7.82 Å². The third-order valence-corrected chi connectivity index (χ3v) is 16.1. The number of hydrogen-bond acceptors (Lipinski definition) is 7. The summed E-state index contributed by atoms with van der Waals surface area (Å²) in [6, 6.07) is -0.905. The van der Waals surface area contributed by atoms with Gasteiger partial charge in [-0.3, -0.25) is 14.2 Å². The molecule has 0 saturated heterocycles. The van der Waals surface area contributed by atoms with Gasteiger partial charge in [-0.2, -0.15) is 0 Å². The molecule has 1 N–H and O–H groups in total. The molecule has 0 bridgehead atoms. The first-order chi connectivity index (χ1) is 41.9. The van der Waals surface area contributed by atoms with Crippen molar-refractivity contribution in [3.05, 3.63) is 122 Å². The molecule has 0 aliphatic rings. The first-order valence-corrected chi connectivity index (χ1v) is 36.8. The number of nitrogens with zero attached hydrogens (tertiary/aromatic N) is 1. The topological polar surface area (TPSA) is 114 Å². The normalized spacial score (nSPS) is 14.3. The number of phosphoric ester groups is 1. The van der Waals surface area contributed by atoms with Crippen molar-refractivity contribution in [1.29, 1.82) is 0 Å². The van der Waals surface area contributed by atoms with Gasteiger partial charge < -0.3 is 28.5 Å². The summed E-state index contributed by atoms with van der Waals surface area (Å²) in [6.45, 7) is 6.70. The van der Waals surface area contributed by atoms with Crippen LogP contribution in [0.1, 0.15) is 297 Å². The summed E-state index contributed by atoms with van der Waals surface area (Å²) in [5, 5.41) is 3.03. The monoisotopic (exact) mass is 1220 g/mol. The number of carbonyl (C=O) groups excluding carboxylic acids is 2. The predicted molar refractivity (Wildman–Crippen MR) is 371 cm³/mol. The number of allylic oxidation sites excluding steroid dienone is 19. The van der Waals surface area contributed by atoms with Gasteiger partial charge in [-0.15, -0.1) is 0 Å². The molecule has 0 aliphatic carbocycles. The molecule has 86 heavy (non-hydrogen) atoms. The van der Waals surface area contributed by atoms with Gasteiger partial charge in [-0.1, -0.05) is 284 Å². The molecule has 0 fully saturated rings. The number of phosphoric acid groups is 1. The molecule has 1 amide bonds. The molecule has 0 spiro atoms. The quantitative estimate of drug-likeness (QED) is 0.0212. The molecular formula is C76H133N2O7P. The molecule has 0 aliphatic heterocycles. The molecule has 494 valence electrons. The number of rotatable bonds is 63. The van der Waals surface area contributed by atoms with E-state index in [1.807, 2.05) is 33.3 Å². The van der Waals surface area contributed by atoms with E-state index in [-0.39, 0.29) is 24.9 Å². The maximum atomic E-state index is 13.6. The second kappa shape index (κ2) is 64.4. The average Bonchev–Trinajstić information content (AvgIpc) is 3.67. The summed E-state index contributed by atoms with van der Waals surface area (Å²) in [4.78, 5) is 40.2. The summed E-state index contributed by atoms with van der Waals surface area (Å²) in [6.07, 6.45) is 90.3. The van der Waals surface area contributed by atoms with Crippen molar-refractivity contribution in [3.8, 4) is 0 Å². The van der Waals surface area contributed by atoms with Gasteiger partial charge in [0.15, 0.2) is 0 Å². The van der Waals surface area contributed by atoms with Crippen LogP contribution in [0.15, 0.2) is 122 Å². The average molecular weight is 1220 g/mol. The van der Waals surface area contributed by atoms with Crippen molar-refractivity contribution in [3.63, 3.8) is 0 Å². The molecule has 10 heteroatoms. The molecule has 0 rings (SSSR count). The Labute approximate surface area is 531 Å². The molecule has 0 aromatic carbocycles. The van der Waals surface area contributed by atoms with E-state index in [0.717, 1.165) is 135 Å². The zero-order valence-corrected chi connectivity index (χ0v) is 57.4. The fourth-order valence-corrected chi connectivity index (χ4v) is 10.4. The third kappa shape index (κ3) is 64.9. The van der Waals surface area contributed by atoms with Gasteiger partial charge in [0.1, 0.15) is 19.3 Å². The van der Waals surface area contributed by atoms with Crippen LogP contribution in [0, 0.1) is 0 Å². The Morgan fingerprint density at radius 2 is 0.744 bits per heavy atom. The minimum Gasteiger partial charge on any atom is -0.756 e. The number of ether oxygens (including phenoxy) is 1. The summed E-state index contributed by atoms with van der Waals surface area (Å²) in [7, 11) is 1.16. The highest BCUT2D eigenvalue weighted by molar-refractivity contribution is 7.45. The van der Waals surface area contributed by atoms with E-state index in [1.165, 1.54) is 128 Å². The fourth-order valence-electron chi connectivity index (χ4n) is 9.71. The number of nitrogens with one attached hydrogen (secondary N) is 1. The van der Waals surface area contributed by atoms with Gasteiger partial charge in [0, 0.05) is 12.8 Å². The van der Waals surface area contributed by atoms with Crippen molar-refractivity contribution in [2.45, 2.75) is 309 Å². The Morgan fingerprint density at radius 1 is 0.419 bits per heavy atom. The van der Waals surface area contributed by atoms with Gasteiger partial charge in [0.05, 0.1) is 33.8 Å². The van der Waals surface area contributed by atoms with Gasteiger partial charge in [-0.05, 0) is 122 Å². The number of carbonyl (C=O) groups is 2. The molecule has 0 saturated carbocycles.